The van der Waals surface area contributed by atoms with Crippen LogP contribution in [0.4, 0.5) is 28.0 Å². The summed E-state index contributed by atoms with van der Waals surface area (Å²) >= 11 is 0. The Morgan fingerprint density at radius 1 is 1.07 bits per heavy atom. The van der Waals surface area contributed by atoms with Gasteiger partial charge in [-0.1, -0.05) is 6.07 Å². The largest absolute Gasteiger partial charge is 0.435 e. The molecule has 0 radical (unpaired) electrons. The highest BCUT2D eigenvalue weighted by molar-refractivity contribution is 5.90. The zero-order valence-corrected chi connectivity index (χ0v) is 14.2. The van der Waals surface area contributed by atoms with Gasteiger partial charge in [-0.05, 0) is 29.8 Å². The predicted octanol–water partition coefficient (Wildman–Crippen LogP) is 4.02. The van der Waals surface area contributed by atoms with Crippen LogP contribution in [0.3, 0.4) is 0 Å². The van der Waals surface area contributed by atoms with Gasteiger partial charge in [0.2, 0.25) is 0 Å². The van der Waals surface area contributed by atoms with Crippen LogP contribution in [-0.2, 0) is 12.7 Å². The second kappa shape index (κ2) is 7.99. The van der Waals surface area contributed by atoms with Crippen LogP contribution in [0.1, 0.15) is 11.3 Å². The molecular weight excluding hydrogens is 378 g/mol. The summed E-state index contributed by atoms with van der Waals surface area (Å²) in [7, 11) is 0. The number of aromatic nitrogens is 3. The Kier molecular flexibility index (Phi) is 5.48. The van der Waals surface area contributed by atoms with E-state index in [0.29, 0.717) is 5.56 Å². The maximum absolute atomic E-state index is 13.4. The SMILES string of the molecule is O=C(NCc1cccnc1)Nc1ccc(-c2cncc(F)c2)nc1C(F)(F)F. The number of halogens is 4. The summed E-state index contributed by atoms with van der Waals surface area (Å²) in [5.41, 5.74) is -1.19. The molecule has 0 unspecified atom stereocenters. The van der Waals surface area contributed by atoms with Crippen LogP contribution in [-0.4, -0.2) is 21.0 Å². The van der Waals surface area contributed by atoms with E-state index >= 15 is 0 Å². The third kappa shape index (κ3) is 4.78. The molecule has 3 aromatic heterocycles. The van der Waals surface area contributed by atoms with Crippen molar-refractivity contribution >= 4 is 11.7 Å². The lowest BCUT2D eigenvalue weighted by molar-refractivity contribution is -0.140. The number of carbonyl (C=O) groups is 1. The van der Waals surface area contributed by atoms with Crippen molar-refractivity contribution in [2.75, 3.05) is 5.32 Å². The minimum Gasteiger partial charge on any atom is -0.334 e. The molecule has 0 aliphatic heterocycles. The zero-order valence-electron chi connectivity index (χ0n) is 14.2. The third-order valence-electron chi connectivity index (χ3n) is 3.59. The van der Waals surface area contributed by atoms with Gasteiger partial charge in [-0.3, -0.25) is 9.97 Å². The number of nitrogens with zero attached hydrogens (tertiary/aromatic N) is 3. The summed E-state index contributed by atoms with van der Waals surface area (Å²) in [6.07, 6.45) is 0.365. The summed E-state index contributed by atoms with van der Waals surface area (Å²) in [5, 5.41) is 4.57. The second-order valence-electron chi connectivity index (χ2n) is 5.65. The van der Waals surface area contributed by atoms with Crippen molar-refractivity contribution in [3.8, 4) is 11.3 Å². The van der Waals surface area contributed by atoms with Gasteiger partial charge in [0, 0.05) is 30.7 Å². The number of alkyl halides is 3. The number of hydrogen-bond donors (Lipinski definition) is 2. The number of rotatable bonds is 4. The molecule has 6 nitrogen and oxygen atoms in total. The van der Waals surface area contributed by atoms with Gasteiger partial charge in [0.25, 0.3) is 0 Å². The Balaban J connectivity index is 1.81. The molecular formula is C18H13F4N5O. The lowest BCUT2D eigenvalue weighted by Gasteiger charge is -2.15. The quantitative estimate of drug-likeness (QED) is 0.659. The lowest BCUT2D eigenvalue weighted by atomic mass is 10.1. The lowest BCUT2D eigenvalue weighted by Crippen LogP contribution is -2.29. The van der Waals surface area contributed by atoms with Gasteiger partial charge in [-0.25, -0.2) is 14.2 Å². The number of nitrogens with one attached hydrogen (secondary N) is 2. The Hall–Kier alpha value is -3.56. The first-order valence-corrected chi connectivity index (χ1v) is 7.96. The number of urea groups is 1. The van der Waals surface area contributed by atoms with Gasteiger partial charge in [-0.2, -0.15) is 13.2 Å². The molecule has 0 saturated carbocycles. The molecule has 3 heterocycles. The molecule has 28 heavy (non-hydrogen) atoms. The monoisotopic (exact) mass is 391 g/mol. The van der Waals surface area contributed by atoms with E-state index in [1.165, 1.54) is 18.5 Å². The molecule has 2 N–H and O–H groups in total. The van der Waals surface area contributed by atoms with Gasteiger partial charge in [0.05, 0.1) is 17.6 Å². The standard InChI is InChI=1S/C18H13F4N5O/c19-13-6-12(9-24-10-13)14-3-4-15(16(26-14)18(20,21)22)27-17(28)25-8-11-2-1-5-23-7-11/h1-7,9-10H,8H2,(H2,25,27,28). The van der Waals surface area contributed by atoms with Crippen LogP contribution in [0.25, 0.3) is 11.3 Å². The molecule has 0 aliphatic carbocycles. The Morgan fingerprint density at radius 3 is 2.57 bits per heavy atom. The van der Waals surface area contributed by atoms with E-state index in [1.807, 2.05) is 0 Å². The van der Waals surface area contributed by atoms with Crippen molar-refractivity contribution in [1.29, 1.82) is 0 Å². The molecule has 144 valence electrons. The molecule has 3 aromatic rings. The van der Waals surface area contributed by atoms with Crippen LogP contribution in [0, 0.1) is 5.82 Å². The van der Waals surface area contributed by atoms with Gasteiger partial charge >= 0.3 is 12.2 Å². The molecule has 0 saturated heterocycles. The summed E-state index contributed by atoms with van der Waals surface area (Å²) in [4.78, 5) is 23.0. The number of carbonyl (C=O) groups excluding carboxylic acids is 1. The van der Waals surface area contributed by atoms with Crippen molar-refractivity contribution in [2.45, 2.75) is 12.7 Å². The van der Waals surface area contributed by atoms with E-state index in [9.17, 15) is 22.4 Å². The van der Waals surface area contributed by atoms with Crippen molar-refractivity contribution < 1.29 is 22.4 Å². The second-order valence-corrected chi connectivity index (χ2v) is 5.65. The van der Waals surface area contributed by atoms with E-state index in [2.05, 4.69) is 25.6 Å². The summed E-state index contributed by atoms with van der Waals surface area (Å²) < 4.78 is 53.5. The van der Waals surface area contributed by atoms with Gasteiger partial charge in [0.1, 0.15) is 5.82 Å². The van der Waals surface area contributed by atoms with Crippen LogP contribution >= 0.6 is 0 Å². The molecule has 10 heteroatoms. The van der Waals surface area contributed by atoms with Crippen LogP contribution in [0.5, 0.6) is 0 Å². The molecule has 0 aromatic carbocycles. The van der Waals surface area contributed by atoms with E-state index < -0.39 is 29.4 Å². The maximum Gasteiger partial charge on any atom is 0.435 e. The fraction of sp³-hybridized carbons (Fsp3) is 0.111. The highest BCUT2D eigenvalue weighted by atomic mass is 19.4. The fourth-order valence-corrected chi connectivity index (χ4v) is 2.34. The highest BCUT2D eigenvalue weighted by Gasteiger charge is 2.36. The molecule has 0 fully saturated rings. The average Bonchev–Trinajstić information content (AvgIpc) is 2.67. The summed E-state index contributed by atoms with van der Waals surface area (Å²) in [5.74, 6) is -0.704. The molecule has 2 amide bonds. The first-order valence-electron chi connectivity index (χ1n) is 7.96. The third-order valence-corrected chi connectivity index (χ3v) is 3.59. The van der Waals surface area contributed by atoms with Crippen molar-refractivity contribution in [2.24, 2.45) is 0 Å². The Labute approximate surface area is 156 Å². The van der Waals surface area contributed by atoms with Gasteiger partial charge in [0.15, 0.2) is 5.69 Å². The highest BCUT2D eigenvalue weighted by Crippen LogP contribution is 2.35. The predicted molar refractivity (Wildman–Crippen MR) is 92.5 cm³/mol. The van der Waals surface area contributed by atoms with Crippen molar-refractivity contribution in [3.63, 3.8) is 0 Å². The fourth-order valence-electron chi connectivity index (χ4n) is 2.34. The normalized spacial score (nSPS) is 11.1. The zero-order chi connectivity index (χ0) is 20.1. The van der Waals surface area contributed by atoms with Crippen LogP contribution in [0.15, 0.2) is 55.1 Å². The minimum atomic E-state index is -4.83. The van der Waals surface area contributed by atoms with E-state index in [0.717, 1.165) is 18.3 Å². The van der Waals surface area contributed by atoms with Crippen LogP contribution in [0.2, 0.25) is 0 Å². The van der Waals surface area contributed by atoms with Gasteiger partial charge in [-0.15, -0.1) is 0 Å². The Morgan fingerprint density at radius 2 is 1.89 bits per heavy atom. The number of hydrogen-bond acceptors (Lipinski definition) is 4. The van der Waals surface area contributed by atoms with E-state index in [4.69, 9.17) is 0 Å². The number of pyridine rings is 3. The minimum absolute atomic E-state index is 0.0816. The molecule has 3 rings (SSSR count). The van der Waals surface area contributed by atoms with Crippen molar-refractivity contribution in [3.05, 3.63) is 72.2 Å². The topological polar surface area (TPSA) is 79.8 Å². The van der Waals surface area contributed by atoms with Gasteiger partial charge < -0.3 is 10.6 Å². The molecule has 0 bridgehead atoms. The average molecular weight is 391 g/mol. The maximum atomic E-state index is 13.4. The smallest absolute Gasteiger partial charge is 0.334 e. The van der Waals surface area contributed by atoms with E-state index in [-0.39, 0.29) is 17.8 Å². The first-order chi connectivity index (χ1) is 13.3. The van der Waals surface area contributed by atoms with E-state index in [1.54, 1.807) is 18.3 Å². The molecule has 0 spiro atoms. The number of anilines is 1. The van der Waals surface area contributed by atoms with Crippen LogP contribution < -0.4 is 10.6 Å². The molecule has 0 atom stereocenters. The first kappa shape index (κ1) is 19.2. The molecule has 0 aliphatic rings. The summed E-state index contributed by atoms with van der Waals surface area (Å²) in [6.45, 7) is 0.0848. The van der Waals surface area contributed by atoms with Crippen molar-refractivity contribution in [1.82, 2.24) is 20.3 Å². The summed E-state index contributed by atoms with van der Waals surface area (Å²) in [6, 6.07) is 5.85. The Bertz CT molecular complexity index is 979. The number of amides is 2.